The Morgan fingerprint density at radius 2 is 2.71 bits per heavy atom. The van der Waals surface area contributed by atoms with Gasteiger partial charge in [-0.15, -0.1) is 0 Å². The molecular formula is C4H3FN2. The molecule has 0 aromatic heterocycles. The number of alkyl halides is 1. The summed E-state index contributed by atoms with van der Waals surface area (Å²) in [5, 5.41) is 3.42. The molecule has 1 aliphatic heterocycles. The summed E-state index contributed by atoms with van der Waals surface area (Å²) in [6.07, 6.45) is 3.59. The summed E-state index contributed by atoms with van der Waals surface area (Å²) in [6.45, 7) is -0.545. The maximum atomic E-state index is 11.4. The third kappa shape index (κ3) is 0.765. The summed E-state index contributed by atoms with van der Waals surface area (Å²) in [5.74, 6) is 0. The second-order valence-electron chi connectivity index (χ2n) is 1.09. The molecule has 0 saturated carbocycles. The van der Waals surface area contributed by atoms with Crippen LogP contribution in [0.15, 0.2) is 16.9 Å². The molecule has 2 nitrogen and oxygen atoms in total. The van der Waals surface area contributed by atoms with Crippen molar-refractivity contribution in [1.29, 1.82) is 0 Å². The van der Waals surface area contributed by atoms with Crippen LogP contribution < -0.4 is 5.32 Å². The minimum absolute atomic E-state index is 0.347. The molecule has 0 unspecified atom stereocenters. The number of nitrogens with zero attached hydrogens (tertiary/aromatic N) is 2. The largest absolute Gasteiger partial charge is 0.244 e. The standard InChI is InChI=1S/C4H3FN2/c5-1-4-2-6-3-7-4/h2H,1H2. The smallest absolute Gasteiger partial charge is 0.198 e. The van der Waals surface area contributed by atoms with E-state index in [1.807, 2.05) is 0 Å². The molecule has 0 saturated heterocycles. The molecule has 0 aromatic carbocycles. The van der Waals surface area contributed by atoms with Crippen LogP contribution in [0.5, 0.6) is 0 Å². The van der Waals surface area contributed by atoms with Gasteiger partial charge in [0.25, 0.3) is 0 Å². The quantitative estimate of drug-likeness (QED) is 0.451. The molecule has 0 amide bonds. The predicted octanol–water partition coefficient (Wildman–Crippen LogP) is 0.321. The van der Waals surface area contributed by atoms with Crippen molar-refractivity contribution in [1.82, 2.24) is 5.32 Å². The van der Waals surface area contributed by atoms with Crippen molar-refractivity contribution in [3.8, 4) is 0 Å². The molecule has 36 valence electrons. The van der Waals surface area contributed by atoms with E-state index in [1.54, 1.807) is 0 Å². The molecule has 1 aliphatic rings. The highest BCUT2D eigenvalue weighted by molar-refractivity contribution is 5.60. The monoisotopic (exact) mass is 98.0 g/mol. The fourth-order valence-corrected chi connectivity index (χ4v) is 0.290. The Labute approximate surface area is 40.7 Å². The second kappa shape index (κ2) is 1.73. The fraction of sp³-hybridized carbons (Fsp3) is 0.250. The number of rotatable bonds is 1. The van der Waals surface area contributed by atoms with E-state index in [2.05, 4.69) is 16.6 Å². The van der Waals surface area contributed by atoms with Gasteiger partial charge in [-0.25, -0.2) is 14.7 Å². The van der Waals surface area contributed by atoms with Gasteiger partial charge in [0.05, 0.1) is 11.9 Å². The van der Waals surface area contributed by atoms with Gasteiger partial charge in [-0.1, -0.05) is 0 Å². The van der Waals surface area contributed by atoms with E-state index in [0.29, 0.717) is 5.70 Å². The summed E-state index contributed by atoms with van der Waals surface area (Å²) < 4.78 is 11.4. The summed E-state index contributed by atoms with van der Waals surface area (Å²) in [5.41, 5.74) is 0.347. The zero-order valence-corrected chi connectivity index (χ0v) is 3.56. The number of hydrogen-bond acceptors (Lipinski definition) is 1. The normalized spacial score (nSPS) is 16.4. The fourth-order valence-electron chi connectivity index (χ4n) is 0.290. The molecule has 1 heterocycles. The van der Waals surface area contributed by atoms with Crippen LogP contribution >= 0.6 is 0 Å². The minimum atomic E-state index is -0.545. The lowest BCUT2D eigenvalue weighted by Crippen LogP contribution is -1.80. The van der Waals surface area contributed by atoms with E-state index in [-0.39, 0.29) is 0 Å². The van der Waals surface area contributed by atoms with Gasteiger partial charge < -0.3 is 0 Å². The predicted molar refractivity (Wildman–Crippen MR) is 23.6 cm³/mol. The van der Waals surface area contributed by atoms with Crippen molar-refractivity contribution in [2.75, 3.05) is 6.67 Å². The Hall–Kier alpha value is -0.860. The van der Waals surface area contributed by atoms with Crippen molar-refractivity contribution >= 4 is 6.34 Å². The van der Waals surface area contributed by atoms with Gasteiger partial charge in [0.1, 0.15) is 6.67 Å². The van der Waals surface area contributed by atoms with Gasteiger partial charge in [0.15, 0.2) is 6.34 Å². The van der Waals surface area contributed by atoms with E-state index in [0.717, 1.165) is 0 Å². The third-order valence-electron chi connectivity index (χ3n) is 0.602. The molecule has 0 atom stereocenters. The summed E-state index contributed by atoms with van der Waals surface area (Å²) in [7, 11) is 0. The highest BCUT2D eigenvalue weighted by Crippen LogP contribution is 1.97. The lowest BCUT2D eigenvalue weighted by Gasteiger charge is -1.78. The first-order valence-corrected chi connectivity index (χ1v) is 1.84. The Morgan fingerprint density at radius 1 is 1.86 bits per heavy atom. The molecule has 0 aliphatic carbocycles. The van der Waals surface area contributed by atoms with E-state index < -0.39 is 6.67 Å². The van der Waals surface area contributed by atoms with Crippen molar-refractivity contribution < 1.29 is 4.39 Å². The third-order valence-corrected chi connectivity index (χ3v) is 0.602. The van der Waals surface area contributed by atoms with Crippen molar-refractivity contribution in [2.24, 2.45) is 4.99 Å². The number of allylic oxidation sites excluding steroid dienone is 1. The lowest BCUT2D eigenvalue weighted by molar-refractivity contribution is 0.541. The Balaban J connectivity index is 2.52. The van der Waals surface area contributed by atoms with Gasteiger partial charge in [-0.05, 0) is 0 Å². The maximum Gasteiger partial charge on any atom is 0.198 e. The first-order chi connectivity index (χ1) is 3.43. The molecule has 0 spiro atoms. The van der Waals surface area contributed by atoms with Crippen molar-refractivity contribution in [3.63, 3.8) is 0 Å². The number of aliphatic imine (C=N–C) groups is 1. The molecule has 1 rings (SSSR count). The van der Waals surface area contributed by atoms with Gasteiger partial charge in [0, 0.05) is 0 Å². The van der Waals surface area contributed by atoms with E-state index in [4.69, 9.17) is 0 Å². The van der Waals surface area contributed by atoms with E-state index in [9.17, 15) is 4.39 Å². The Morgan fingerprint density at radius 3 is 3.00 bits per heavy atom. The SMILES string of the molecule is FCC1=C[N][C]=N1. The van der Waals surface area contributed by atoms with Crippen LogP contribution in [-0.2, 0) is 0 Å². The Kier molecular flexibility index (Phi) is 1.06. The van der Waals surface area contributed by atoms with Crippen LogP contribution in [0.3, 0.4) is 0 Å². The molecule has 7 heavy (non-hydrogen) atoms. The van der Waals surface area contributed by atoms with Crippen LogP contribution in [-0.4, -0.2) is 13.0 Å². The Bertz CT molecular complexity index is 117. The highest BCUT2D eigenvalue weighted by atomic mass is 19.1. The summed E-state index contributed by atoms with van der Waals surface area (Å²) in [4.78, 5) is 3.42. The van der Waals surface area contributed by atoms with Gasteiger partial charge in [-0.3, -0.25) is 0 Å². The van der Waals surface area contributed by atoms with E-state index >= 15 is 0 Å². The molecule has 0 bridgehead atoms. The van der Waals surface area contributed by atoms with Crippen LogP contribution in [0, 0.1) is 0 Å². The lowest BCUT2D eigenvalue weighted by atomic mass is 10.6. The number of hydrogen-bond donors (Lipinski definition) is 0. The first kappa shape index (κ1) is 4.30. The maximum absolute atomic E-state index is 11.4. The van der Waals surface area contributed by atoms with Crippen molar-refractivity contribution in [3.05, 3.63) is 11.9 Å². The van der Waals surface area contributed by atoms with Crippen LogP contribution in [0.25, 0.3) is 0 Å². The highest BCUT2D eigenvalue weighted by Gasteiger charge is 1.96. The molecule has 0 fully saturated rings. The van der Waals surface area contributed by atoms with Crippen LogP contribution in [0.1, 0.15) is 0 Å². The van der Waals surface area contributed by atoms with Gasteiger partial charge in [0.2, 0.25) is 0 Å². The van der Waals surface area contributed by atoms with Crippen LogP contribution in [0.2, 0.25) is 0 Å². The van der Waals surface area contributed by atoms with Crippen LogP contribution in [0.4, 0.5) is 4.39 Å². The summed E-state index contributed by atoms with van der Waals surface area (Å²) in [6, 6.07) is 0. The van der Waals surface area contributed by atoms with Gasteiger partial charge in [-0.2, -0.15) is 0 Å². The first-order valence-electron chi connectivity index (χ1n) is 1.84. The minimum Gasteiger partial charge on any atom is -0.244 e. The molecular weight excluding hydrogens is 95.1 g/mol. The second-order valence-corrected chi connectivity index (χ2v) is 1.09. The average Bonchev–Trinajstić information content (AvgIpc) is 2.14. The summed E-state index contributed by atoms with van der Waals surface area (Å²) >= 11 is 0. The topological polar surface area (TPSA) is 26.5 Å². The van der Waals surface area contributed by atoms with Crippen molar-refractivity contribution in [2.45, 2.75) is 0 Å². The average molecular weight is 98.1 g/mol. The number of halogens is 1. The molecule has 2 radical (unpaired) electrons. The zero-order valence-electron chi connectivity index (χ0n) is 3.56. The van der Waals surface area contributed by atoms with Gasteiger partial charge >= 0.3 is 0 Å². The molecule has 0 N–H and O–H groups in total. The van der Waals surface area contributed by atoms with E-state index in [1.165, 1.54) is 6.20 Å². The zero-order chi connectivity index (χ0) is 5.11. The molecule has 3 heteroatoms. The molecule has 0 aromatic rings.